The van der Waals surface area contributed by atoms with Gasteiger partial charge in [-0.1, -0.05) is 0 Å². The molecule has 8 amide bonds. The maximum atomic E-state index is 13.9. The number of nitrogens with one attached hydrogen (secondary N) is 8. The average molecular weight is 1480 g/mol. The molecule has 3 aliphatic rings. The summed E-state index contributed by atoms with van der Waals surface area (Å²) in [7, 11) is 0. The predicted molar refractivity (Wildman–Crippen MR) is 348 cm³/mol. The van der Waals surface area contributed by atoms with Crippen molar-refractivity contribution in [2.45, 2.75) is 170 Å². The molecule has 0 aromatic carbocycles. The lowest BCUT2D eigenvalue weighted by atomic mass is 9.97. The normalized spacial score (nSPS) is 25.5. The summed E-state index contributed by atoms with van der Waals surface area (Å²) in [6.45, 7) is 4.97. The summed E-state index contributed by atoms with van der Waals surface area (Å²) >= 11 is 0. The summed E-state index contributed by atoms with van der Waals surface area (Å²) in [5.41, 5.74) is 0. The van der Waals surface area contributed by atoms with Gasteiger partial charge in [0.2, 0.25) is 47.3 Å². The molecular weight excluding hydrogens is 1370 g/mol. The maximum Gasteiger partial charge on any atom is 0.246 e. The zero-order chi connectivity index (χ0) is 75.0. The molecule has 3 heterocycles. The molecule has 0 aromatic rings. The third-order valence-electron chi connectivity index (χ3n) is 15.3. The van der Waals surface area contributed by atoms with Crippen molar-refractivity contribution in [2.24, 2.45) is 0 Å². The van der Waals surface area contributed by atoms with Crippen molar-refractivity contribution in [3.8, 4) is 0 Å². The Kier molecular flexibility index (Phi) is 48.5. The van der Waals surface area contributed by atoms with Gasteiger partial charge in [0, 0.05) is 40.4 Å². The van der Waals surface area contributed by atoms with E-state index in [1.807, 2.05) is 0 Å². The first-order valence-electron chi connectivity index (χ1n) is 34.2. The molecule has 0 saturated carbocycles. The van der Waals surface area contributed by atoms with E-state index in [-0.39, 0.29) is 165 Å². The number of aliphatic hydroxyl groups excluding tert-OH is 9. The minimum absolute atomic E-state index is 0.00752. The predicted octanol–water partition coefficient (Wildman–Crippen LogP) is -9.30. The quantitative estimate of drug-likeness (QED) is 0.0252. The zero-order valence-corrected chi connectivity index (χ0v) is 58.6. The molecule has 3 aliphatic heterocycles. The van der Waals surface area contributed by atoms with Crippen LogP contribution in [-0.4, -0.2) is 375 Å². The van der Waals surface area contributed by atoms with Crippen LogP contribution in [-0.2, 0) is 109 Å². The van der Waals surface area contributed by atoms with Crippen LogP contribution < -0.4 is 42.5 Å². The number of amides is 8. The molecule has 40 nitrogen and oxygen atoms in total. The smallest absolute Gasteiger partial charge is 0.246 e. The van der Waals surface area contributed by atoms with Gasteiger partial charge in [-0.15, -0.1) is 0 Å². The molecule has 592 valence electrons. The van der Waals surface area contributed by atoms with Crippen LogP contribution in [0, 0.1) is 0 Å². The Hall–Kier alpha value is -5.20. The second kappa shape index (κ2) is 54.4. The molecule has 102 heavy (non-hydrogen) atoms. The molecular formula is C62H112N8O32. The van der Waals surface area contributed by atoms with E-state index < -0.39 is 178 Å². The van der Waals surface area contributed by atoms with Crippen molar-refractivity contribution < 1.29 is 155 Å². The molecule has 17 atom stereocenters. The average Bonchev–Trinajstić information content (AvgIpc) is 0.824. The van der Waals surface area contributed by atoms with Gasteiger partial charge >= 0.3 is 0 Å². The molecule has 0 bridgehead atoms. The van der Waals surface area contributed by atoms with Crippen molar-refractivity contribution in [2.75, 3.05) is 178 Å². The third kappa shape index (κ3) is 37.2. The van der Waals surface area contributed by atoms with Crippen molar-refractivity contribution in [3.05, 3.63) is 0 Å². The van der Waals surface area contributed by atoms with Crippen molar-refractivity contribution in [1.29, 1.82) is 0 Å². The lowest BCUT2D eigenvalue weighted by Crippen LogP contribution is -2.64. The Labute approximate surface area is 592 Å². The maximum absolute atomic E-state index is 13.9. The van der Waals surface area contributed by atoms with Crippen LogP contribution in [0.25, 0.3) is 0 Å². The topological polar surface area (TPSA) is 553 Å². The Balaban J connectivity index is 1.38. The van der Waals surface area contributed by atoms with Gasteiger partial charge in [0.05, 0.1) is 139 Å². The summed E-state index contributed by atoms with van der Waals surface area (Å²) in [5, 5.41) is 111. The summed E-state index contributed by atoms with van der Waals surface area (Å²) in [4.78, 5) is 100. The number of hydrogen-bond acceptors (Lipinski definition) is 32. The Bertz CT molecular complexity index is 2350. The third-order valence-corrected chi connectivity index (χ3v) is 15.3. The fourth-order valence-electron chi connectivity index (χ4n) is 10.2. The van der Waals surface area contributed by atoms with Gasteiger partial charge in [-0.3, -0.25) is 38.4 Å². The van der Waals surface area contributed by atoms with Gasteiger partial charge in [-0.2, -0.15) is 0 Å². The second-order valence-electron chi connectivity index (χ2n) is 23.5. The van der Waals surface area contributed by atoms with Crippen LogP contribution >= 0.6 is 0 Å². The molecule has 0 radical (unpaired) electrons. The molecule has 3 rings (SSSR count). The van der Waals surface area contributed by atoms with Gasteiger partial charge in [-0.05, 0) is 45.4 Å². The highest BCUT2D eigenvalue weighted by Gasteiger charge is 2.48. The van der Waals surface area contributed by atoms with Gasteiger partial charge in [0.15, 0.2) is 18.9 Å². The van der Waals surface area contributed by atoms with Crippen LogP contribution in [0.5, 0.6) is 0 Å². The lowest BCUT2D eigenvalue weighted by Gasteiger charge is -2.42. The molecule has 17 N–H and O–H groups in total. The number of aliphatic hydroxyl groups is 9. The molecule has 40 heteroatoms. The van der Waals surface area contributed by atoms with E-state index >= 15 is 0 Å². The van der Waals surface area contributed by atoms with Crippen molar-refractivity contribution in [3.63, 3.8) is 0 Å². The number of rotatable bonds is 57. The van der Waals surface area contributed by atoms with Gasteiger partial charge in [0.25, 0.3) is 0 Å². The summed E-state index contributed by atoms with van der Waals surface area (Å²) in [5.74, 6) is -4.04. The van der Waals surface area contributed by atoms with E-state index in [1.54, 1.807) is 6.92 Å². The second-order valence-corrected chi connectivity index (χ2v) is 23.5. The van der Waals surface area contributed by atoms with Gasteiger partial charge < -0.3 is 160 Å². The van der Waals surface area contributed by atoms with Crippen molar-refractivity contribution >= 4 is 47.3 Å². The van der Waals surface area contributed by atoms with Crippen LogP contribution in [0.3, 0.4) is 0 Å². The molecule has 17 unspecified atom stereocenters. The fourth-order valence-corrected chi connectivity index (χ4v) is 10.2. The molecule has 0 spiro atoms. The van der Waals surface area contributed by atoms with Crippen LogP contribution in [0.2, 0.25) is 0 Å². The Morgan fingerprint density at radius 1 is 0.353 bits per heavy atom. The SMILES string of the molecule is CCNC(=O)C(CCCCNC(=O)COCCOCCOCCOC1OC(CO)C(O)C(O)C1NC(C)=O)NC(=O)C(CCCCNC(=O)COCCOCCOCCOC1OC(CO)C(O)C(O)C1NC(C)=O)NC(=O)COCCOCCOCCOC1OC(CO)C(O)C(O)C1NC(C)=O. The van der Waals surface area contributed by atoms with Crippen molar-refractivity contribution in [1.82, 2.24) is 42.5 Å². The fraction of sp³-hybridized carbons (Fsp3) is 0.871. The Morgan fingerprint density at radius 2 is 0.637 bits per heavy atom. The van der Waals surface area contributed by atoms with E-state index in [0.717, 1.165) is 0 Å². The largest absolute Gasteiger partial charge is 0.394 e. The van der Waals surface area contributed by atoms with Crippen LogP contribution in [0.4, 0.5) is 0 Å². The molecule has 0 aromatic heterocycles. The Morgan fingerprint density at radius 3 is 0.931 bits per heavy atom. The number of likely N-dealkylation sites (N-methyl/N-ethyl adjacent to an activating group) is 1. The molecule has 3 fully saturated rings. The van der Waals surface area contributed by atoms with Crippen LogP contribution in [0.15, 0.2) is 0 Å². The van der Waals surface area contributed by atoms with E-state index in [4.69, 9.17) is 71.1 Å². The zero-order valence-electron chi connectivity index (χ0n) is 58.6. The highest BCUT2D eigenvalue weighted by atomic mass is 16.7. The lowest BCUT2D eigenvalue weighted by molar-refractivity contribution is -0.272. The summed E-state index contributed by atoms with van der Waals surface area (Å²) in [6, 6.07) is -5.42. The highest BCUT2D eigenvalue weighted by molar-refractivity contribution is 5.92. The monoisotopic (exact) mass is 1480 g/mol. The number of ether oxygens (including phenoxy) is 15. The van der Waals surface area contributed by atoms with E-state index in [0.29, 0.717) is 25.7 Å². The van der Waals surface area contributed by atoms with E-state index in [9.17, 15) is 84.3 Å². The first kappa shape index (κ1) is 91.0. The highest BCUT2D eigenvalue weighted by Crippen LogP contribution is 2.25. The number of unbranched alkanes of at least 4 members (excludes halogenated alkanes) is 2. The van der Waals surface area contributed by atoms with E-state index in [1.165, 1.54) is 20.8 Å². The number of carbonyl (C=O) groups excluding carboxylic acids is 8. The minimum Gasteiger partial charge on any atom is -0.394 e. The first-order valence-corrected chi connectivity index (χ1v) is 34.2. The summed E-state index contributed by atoms with van der Waals surface area (Å²) < 4.78 is 82.6. The first-order chi connectivity index (χ1) is 49.1. The molecule has 0 aliphatic carbocycles. The standard InChI is InChI=1S/C62H112N8O32/c1-5-63-58(86)41(10-6-8-12-64-46(77)35-94-23-20-88-14-17-91-26-29-97-60-49(66-38(2)74)55(83)52(80)43(32-71)100-60)70-59(87)42(69-48(79)37-96-25-22-90-16-19-93-28-31-99-62-51(68-40(4)76)57(85)54(82)45(34-73)102-62)11-7-9-13-65-47(78)36-95-24-21-89-15-18-92-27-30-98-61-50(67-39(3)75)56(84)53(81)44(33-72)101-61/h41-45,49-57,60-62,71-73,80-85H,5-37H2,1-4H3,(H,63,86)(H,64,77)(H,65,78)(H,66,74)(H,67,75)(H,68,76)(H,69,79)(H,70,87). The van der Waals surface area contributed by atoms with Gasteiger partial charge in [-0.25, -0.2) is 0 Å². The number of hydrogen-bond donors (Lipinski definition) is 17. The summed E-state index contributed by atoms with van der Waals surface area (Å²) in [6.07, 6.45) is -13.8. The number of carbonyl (C=O) groups is 8. The minimum atomic E-state index is -1.46. The molecule has 3 saturated heterocycles. The van der Waals surface area contributed by atoms with Crippen LogP contribution in [0.1, 0.15) is 66.2 Å². The van der Waals surface area contributed by atoms with Gasteiger partial charge in [0.1, 0.15) is 105 Å². The van der Waals surface area contributed by atoms with E-state index in [2.05, 4.69) is 42.5 Å².